The van der Waals surface area contributed by atoms with Gasteiger partial charge in [0.2, 0.25) is 5.76 Å². The van der Waals surface area contributed by atoms with Crippen molar-refractivity contribution in [2.24, 2.45) is 0 Å². The second kappa shape index (κ2) is 6.53. The Morgan fingerprint density at radius 3 is 2.47 bits per heavy atom. The maximum Gasteiger partial charge on any atom is 0.373 e. The van der Waals surface area contributed by atoms with E-state index in [-0.39, 0.29) is 12.4 Å². The SMILES string of the molecule is COC(=O)C(O)=CC(=O)N(C)Cc1ccc(F)cc1. The summed E-state index contributed by atoms with van der Waals surface area (Å²) in [7, 11) is 2.59. The third-order valence-electron chi connectivity index (χ3n) is 2.36. The van der Waals surface area contributed by atoms with Crippen LogP contribution >= 0.6 is 0 Å². The van der Waals surface area contributed by atoms with Gasteiger partial charge in [0.15, 0.2) is 0 Å². The smallest absolute Gasteiger partial charge is 0.373 e. The van der Waals surface area contributed by atoms with Crippen LogP contribution in [0.25, 0.3) is 0 Å². The number of esters is 1. The molecular weight excluding hydrogens is 253 g/mol. The zero-order chi connectivity index (χ0) is 14.4. The maximum atomic E-state index is 12.7. The van der Waals surface area contributed by atoms with Gasteiger partial charge in [-0.1, -0.05) is 12.1 Å². The van der Waals surface area contributed by atoms with Gasteiger partial charge in [0.05, 0.1) is 13.2 Å². The van der Waals surface area contributed by atoms with Crippen molar-refractivity contribution in [1.82, 2.24) is 4.90 Å². The molecule has 0 radical (unpaired) electrons. The molecule has 0 atom stereocenters. The molecule has 1 aromatic carbocycles. The minimum atomic E-state index is -0.983. The molecule has 0 unspecified atom stereocenters. The minimum absolute atomic E-state index is 0.226. The van der Waals surface area contributed by atoms with E-state index < -0.39 is 17.6 Å². The van der Waals surface area contributed by atoms with Gasteiger partial charge in [-0.2, -0.15) is 0 Å². The van der Waals surface area contributed by atoms with E-state index >= 15 is 0 Å². The summed E-state index contributed by atoms with van der Waals surface area (Å²) >= 11 is 0. The zero-order valence-corrected chi connectivity index (χ0v) is 10.6. The van der Waals surface area contributed by atoms with E-state index in [1.165, 1.54) is 24.1 Å². The molecule has 19 heavy (non-hydrogen) atoms. The molecular formula is C13H14FNO4. The first-order chi connectivity index (χ1) is 8.93. The molecule has 0 fully saturated rings. The molecule has 1 N–H and O–H groups in total. The van der Waals surface area contributed by atoms with Gasteiger partial charge in [0.25, 0.3) is 5.91 Å². The van der Waals surface area contributed by atoms with Crippen LogP contribution in [-0.2, 0) is 20.9 Å². The lowest BCUT2D eigenvalue weighted by atomic mass is 10.2. The summed E-state index contributed by atoms with van der Waals surface area (Å²) in [4.78, 5) is 23.8. The van der Waals surface area contributed by atoms with Crippen molar-refractivity contribution in [3.63, 3.8) is 0 Å². The standard InChI is InChI=1S/C13H14FNO4/c1-15(8-9-3-5-10(14)6-4-9)12(17)7-11(16)13(18)19-2/h3-7,16H,8H2,1-2H3. The Labute approximate surface area is 109 Å². The number of aliphatic hydroxyl groups is 1. The minimum Gasteiger partial charge on any atom is -0.502 e. The van der Waals surface area contributed by atoms with Gasteiger partial charge >= 0.3 is 5.97 Å². The molecule has 1 aromatic rings. The summed E-state index contributed by atoms with van der Waals surface area (Å²) in [5, 5.41) is 9.23. The number of likely N-dealkylation sites (N-methyl/N-ethyl adjacent to an activating group) is 1. The highest BCUT2D eigenvalue weighted by atomic mass is 19.1. The monoisotopic (exact) mass is 267 g/mol. The number of halogens is 1. The highest BCUT2D eigenvalue weighted by molar-refractivity contribution is 5.96. The van der Waals surface area contributed by atoms with Crippen LogP contribution in [0.4, 0.5) is 4.39 Å². The highest BCUT2D eigenvalue weighted by Gasteiger charge is 2.13. The van der Waals surface area contributed by atoms with Crippen LogP contribution in [0.5, 0.6) is 0 Å². The Morgan fingerprint density at radius 1 is 1.37 bits per heavy atom. The van der Waals surface area contributed by atoms with Gasteiger partial charge in [-0.3, -0.25) is 4.79 Å². The molecule has 0 aliphatic heterocycles. The van der Waals surface area contributed by atoms with Crippen molar-refractivity contribution in [3.05, 3.63) is 47.5 Å². The predicted octanol–water partition coefficient (Wildman–Crippen LogP) is 1.40. The van der Waals surface area contributed by atoms with E-state index in [2.05, 4.69) is 4.74 Å². The summed E-state index contributed by atoms with van der Waals surface area (Å²) in [5.41, 5.74) is 0.725. The maximum absolute atomic E-state index is 12.7. The summed E-state index contributed by atoms with van der Waals surface area (Å²) in [6.45, 7) is 0.226. The first kappa shape index (κ1) is 14.7. The van der Waals surface area contributed by atoms with Crippen molar-refractivity contribution in [2.45, 2.75) is 6.54 Å². The number of hydrogen-bond donors (Lipinski definition) is 1. The fraction of sp³-hybridized carbons (Fsp3) is 0.231. The van der Waals surface area contributed by atoms with Gasteiger partial charge in [-0.05, 0) is 17.7 Å². The van der Waals surface area contributed by atoms with E-state index in [0.717, 1.165) is 18.7 Å². The Kier molecular flexibility index (Phi) is 5.05. The average molecular weight is 267 g/mol. The number of benzene rings is 1. The van der Waals surface area contributed by atoms with E-state index in [1.807, 2.05) is 0 Å². The molecule has 0 aliphatic rings. The van der Waals surface area contributed by atoms with Gasteiger partial charge < -0.3 is 14.7 Å². The number of nitrogens with zero attached hydrogens (tertiary/aromatic N) is 1. The van der Waals surface area contributed by atoms with Gasteiger partial charge in [-0.15, -0.1) is 0 Å². The van der Waals surface area contributed by atoms with E-state index in [4.69, 9.17) is 0 Å². The Morgan fingerprint density at radius 2 is 1.95 bits per heavy atom. The van der Waals surface area contributed by atoms with Crippen molar-refractivity contribution in [3.8, 4) is 0 Å². The molecule has 0 bridgehead atoms. The van der Waals surface area contributed by atoms with Crippen LogP contribution in [0.15, 0.2) is 36.1 Å². The quantitative estimate of drug-likeness (QED) is 0.508. The van der Waals surface area contributed by atoms with E-state index in [9.17, 15) is 19.1 Å². The summed E-state index contributed by atoms with van der Waals surface area (Å²) in [5.74, 6) is -2.67. The lowest BCUT2D eigenvalue weighted by Gasteiger charge is -2.15. The topological polar surface area (TPSA) is 66.8 Å². The Bertz CT molecular complexity index is 496. The molecule has 6 heteroatoms. The largest absolute Gasteiger partial charge is 0.502 e. The van der Waals surface area contributed by atoms with E-state index in [0.29, 0.717) is 0 Å². The molecule has 1 amide bonds. The fourth-order valence-electron chi connectivity index (χ4n) is 1.33. The van der Waals surface area contributed by atoms with Crippen LogP contribution in [0.3, 0.4) is 0 Å². The lowest BCUT2D eigenvalue weighted by Crippen LogP contribution is -2.25. The Balaban J connectivity index is 2.67. The van der Waals surface area contributed by atoms with Crippen LogP contribution < -0.4 is 0 Å². The molecule has 0 saturated heterocycles. The second-order valence-electron chi connectivity index (χ2n) is 3.84. The van der Waals surface area contributed by atoms with Gasteiger partial charge in [0, 0.05) is 13.6 Å². The lowest BCUT2D eigenvalue weighted by molar-refractivity contribution is -0.139. The van der Waals surface area contributed by atoms with Crippen molar-refractivity contribution in [1.29, 1.82) is 0 Å². The number of rotatable bonds is 4. The number of hydrogen-bond acceptors (Lipinski definition) is 4. The number of amides is 1. The molecule has 0 saturated carbocycles. The number of carbonyl (C=O) groups excluding carboxylic acids is 2. The fourth-order valence-corrected chi connectivity index (χ4v) is 1.33. The summed E-state index contributed by atoms with van der Waals surface area (Å²) in [6, 6.07) is 5.66. The molecule has 0 aromatic heterocycles. The van der Waals surface area contributed by atoms with E-state index in [1.54, 1.807) is 12.1 Å². The molecule has 1 rings (SSSR count). The van der Waals surface area contributed by atoms with Crippen LogP contribution in [0.1, 0.15) is 5.56 Å². The molecule has 5 nitrogen and oxygen atoms in total. The third-order valence-corrected chi connectivity index (χ3v) is 2.36. The number of methoxy groups -OCH3 is 1. The average Bonchev–Trinajstić information content (AvgIpc) is 2.40. The first-order valence-corrected chi connectivity index (χ1v) is 5.42. The molecule has 0 aliphatic carbocycles. The van der Waals surface area contributed by atoms with Crippen molar-refractivity contribution in [2.75, 3.05) is 14.2 Å². The summed E-state index contributed by atoms with van der Waals surface area (Å²) < 4.78 is 17.0. The molecule has 102 valence electrons. The van der Waals surface area contributed by atoms with Gasteiger partial charge in [-0.25, -0.2) is 9.18 Å². The number of aliphatic hydroxyl groups excluding tert-OH is 1. The Hall–Kier alpha value is -2.37. The number of ether oxygens (including phenoxy) is 1. The highest BCUT2D eigenvalue weighted by Crippen LogP contribution is 2.06. The normalized spacial score (nSPS) is 11.0. The second-order valence-corrected chi connectivity index (χ2v) is 3.84. The predicted molar refractivity (Wildman–Crippen MR) is 65.6 cm³/mol. The third kappa shape index (κ3) is 4.42. The van der Waals surface area contributed by atoms with Crippen LogP contribution in [0.2, 0.25) is 0 Å². The summed E-state index contributed by atoms with van der Waals surface area (Å²) in [6.07, 6.45) is 0.773. The molecule has 0 heterocycles. The number of carbonyl (C=O) groups is 2. The first-order valence-electron chi connectivity index (χ1n) is 5.42. The van der Waals surface area contributed by atoms with Crippen LogP contribution in [0, 0.1) is 5.82 Å². The van der Waals surface area contributed by atoms with Gasteiger partial charge in [0.1, 0.15) is 5.82 Å². The molecule has 0 spiro atoms. The van der Waals surface area contributed by atoms with Crippen molar-refractivity contribution < 1.29 is 23.8 Å². The zero-order valence-electron chi connectivity index (χ0n) is 10.6. The van der Waals surface area contributed by atoms with Crippen molar-refractivity contribution >= 4 is 11.9 Å². The van der Waals surface area contributed by atoms with Crippen LogP contribution in [-0.4, -0.2) is 36.0 Å².